The van der Waals surface area contributed by atoms with Crippen LogP contribution in [0.1, 0.15) is 0 Å². The minimum Gasteiger partial charge on any atom is -0.505 e. The number of nitrogens with one attached hydrogen (secondary N) is 3. The lowest BCUT2D eigenvalue weighted by Gasteiger charge is -2.14. The highest BCUT2D eigenvalue weighted by Gasteiger charge is 2.24. The Labute approximate surface area is 273 Å². The van der Waals surface area contributed by atoms with Crippen LogP contribution in [0.4, 0.5) is 40.3 Å². The van der Waals surface area contributed by atoms with E-state index in [0.717, 1.165) is 23.1 Å². The number of aromatic nitrogens is 3. The summed E-state index contributed by atoms with van der Waals surface area (Å²) in [6.07, 6.45) is 1.03. The molecular weight excluding hydrogens is 668 g/mol. The summed E-state index contributed by atoms with van der Waals surface area (Å²) in [5.41, 5.74) is 0.901. The van der Waals surface area contributed by atoms with Crippen molar-refractivity contribution in [2.75, 3.05) is 21.6 Å². The third-order valence-corrected chi connectivity index (χ3v) is 8.30. The first-order valence-electron chi connectivity index (χ1n) is 13.5. The van der Waals surface area contributed by atoms with E-state index in [4.69, 9.17) is 11.6 Å². The maximum absolute atomic E-state index is 12.4. The molecule has 0 aliphatic carbocycles. The summed E-state index contributed by atoms with van der Waals surface area (Å²) in [5, 5.41) is 27.4. The van der Waals surface area contributed by atoms with Gasteiger partial charge in [-0.3, -0.25) is 9.27 Å². The highest BCUT2D eigenvalue weighted by Crippen LogP contribution is 2.45. The molecule has 5 N–H and O–H groups in total. The van der Waals surface area contributed by atoms with E-state index in [0.29, 0.717) is 17.1 Å². The second-order valence-electron chi connectivity index (χ2n) is 10.1. The van der Waals surface area contributed by atoms with Crippen LogP contribution in [-0.4, -0.2) is 47.7 Å². The van der Waals surface area contributed by atoms with Gasteiger partial charge in [0.25, 0.3) is 10.1 Å². The molecule has 238 valence electrons. The molecule has 0 saturated heterocycles. The average molecular weight is 691 g/mol. The Morgan fingerprint density at radius 1 is 0.745 bits per heavy atom. The first-order valence-corrected chi connectivity index (χ1v) is 17.2. The molecule has 14 nitrogen and oxygen atoms in total. The van der Waals surface area contributed by atoms with Crippen LogP contribution in [0, 0.1) is 0 Å². The minimum absolute atomic E-state index is 0.00620. The number of rotatable bonds is 9. The van der Waals surface area contributed by atoms with Crippen molar-refractivity contribution in [2.45, 2.75) is 4.90 Å². The molecular formula is C30H23ClN8O6S2. The van der Waals surface area contributed by atoms with Crippen LogP contribution in [0.2, 0.25) is 5.28 Å². The fraction of sp³-hybridized carbons (Fsp3) is 0.0333. The van der Waals surface area contributed by atoms with Crippen LogP contribution in [0.15, 0.2) is 106 Å². The highest BCUT2D eigenvalue weighted by molar-refractivity contribution is 7.92. The molecule has 0 aliphatic rings. The van der Waals surface area contributed by atoms with Gasteiger partial charge in [0.2, 0.25) is 27.2 Å². The van der Waals surface area contributed by atoms with E-state index < -0.39 is 36.5 Å². The largest absolute Gasteiger partial charge is 0.505 e. The number of phenolic OH excluding ortho intramolecular Hbond substituents is 1. The minimum atomic E-state index is -4.85. The number of halogens is 1. The molecule has 17 heteroatoms. The molecule has 47 heavy (non-hydrogen) atoms. The monoisotopic (exact) mass is 690 g/mol. The summed E-state index contributed by atoms with van der Waals surface area (Å²) in [7, 11) is -8.36. The third kappa shape index (κ3) is 7.20. The van der Waals surface area contributed by atoms with Gasteiger partial charge >= 0.3 is 0 Å². The zero-order valence-corrected chi connectivity index (χ0v) is 26.5. The predicted octanol–water partition coefficient (Wildman–Crippen LogP) is 7.06. The van der Waals surface area contributed by atoms with E-state index in [-0.39, 0.29) is 33.6 Å². The van der Waals surface area contributed by atoms with Crippen molar-refractivity contribution in [1.82, 2.24) is 15.0 Å². The number of fused-ring (bicyclic) bond motifs is 2. The normalized spacial score (nSPS) is 12.1. The summed E-state index contributed by atoms with van der Waals surface area (Å²) >= 11 is 6.18. The van der Waals surface area contributed by atoms with Gasteiger partial charge in [-0.05, 0) is 58.8 Å². The maximum atomic E-state index is 12.4. The Morgan fingerprint density at radius 3 is 2.17 bits per heavy atom. The molecule has 0 amide bonds. The van der Waals surface area contributed by atoms with Gasteiger partial charge in [0, 0.05) is 16.5 Å². The highest BCUT2D eigenvalue weighted by atomic mass is 35.5. The van der Waals surface area contributed by atoms with Crippen molar-refractivity contribution >= 4 is 93.6 Å². The lowest BCUT2D eigenvalue weighted by atomic mass is 10.1. The Hall–Kier alpha value is -5.42. The lowest BCUT2D eigenvalue weighted by molar-refractivity contribution is 0.472. The van der Waals surface area contributed by atoms with Crippen LogP contribution >= 0.6 is 11.6 Å². The number of anilines is 5. The van der Waals surface area contributed by atoms with Crippen LogP contribution < -0.4 is 15.4 Å². The first kappa shape index (κ1) is 31.6. The van der Waals surface area contributed by atoms with Crippen molar-refractivity contribution in [3.05, 3.63) is 96.3 Å². The van der Waals surface area contributed by atoms with Gasteiger partial charge in [-0.2, -0.15) is 23.4 Å². The van der Waals surface area contributed by atoms with Gasteiger partial charge < -0.3 is 15.7 Å². The molecule has 6 rings (SSSR count). The molecule has 1 heterocycles. The number of azo groups is 1. The quantitative estimate of drug-likeness (QED) is 0.0766. The van der Waals surface area contributed by atoms with Crippen LogP contribution in [0.5, 0.6) is 5.75 Å². The Bertz CT molecular complexity index is 2440. The second-order valence-corrected chi connectivity index (χ2v) is 13.6. The topological polar surface area (TPSA) is 208 Å². The van der Waals surface area contributed by atoms with Gasteiger partial charge in [-0.25, -0.2) is 8.42 Å². The molecule has 6 aromatic rings. The van der Waals surface area contributed by atoms with Crippen molar-refractivity contribution in [3.63, 3.8) is 0 Å². The molecule has 0 saturated carbocycles. The van der Waals surface area contributed by atoms with Crippen molar-refractivity contribution in [1.29, 1.82) is 0 Å². The first-order chi connectivity index (χ1) is 22.3. The fourth-order valence-electron chi connectivity index (χ4n) is 4.78. The average Bonchev–Trinajstić information content (AvgIpc) is 2.99. The summed E-state index contributed by atoms with van der Waals surface area (Å²) in [4.78, 5) is 11.8. The van der Waals surface area contributed by atoms with Gasteiger partial charge in [0.15, 0.2) is 5.75 Å². The predicted molar refractivity (Wildman–Crippen MR) is 180 cm³/mol. The zero-order chi connectivity index (χ0) is 33.3. The molecule has 0 atom stereocenters. The van der Waals surface area contributed by atoms with Crippen molar-refractivity contribution < 1.29 is 26.5 Å². The maximum Gasteiger partial charge on any atom is 0.296 e. The Balaban J connectivity index is 1.39. The van der Waals surface area contributed by atoms with Crippen LogP contribution in [0.25, 0.3) is 21.5 Å². The van der Waals surface area contributed by atoms with Gasteiger partial charge in [0.1, 0.15) is 10.6 Å². The van der Waals surface area contributed by atoms with E-state index in [9.17, 15) is 26.5 Å². The molecule has 0 radical (unpaired) electrons. The van der Waals surface area contributed by atoms with Crippen LogP contribution in [-0.2, 0) is 20.1 Å². The van der Waals surface area contributed by atoms with Crippen molar-refractivity contribution in [3.8, 4) is 5.75 Å². The van der Waals surface area contributed by atoms with E-state index in [2.05, 4.69) is 40.5 Å². The van der Waals surface area contributed by atoms with Crippen molar-refractivity contribution in [2.24, 2.45) is 10.2 Å². The third-order valence-electron chi connectivity index (χ3n) is 6.66. The summed E-state index contributed by atoms with van der Waals surface area (Å²) in [6, 6.07) is 24.9. The van der Waals surface area contributed by atoms with Gasteiger partial charge in [-0.15, -0.1) is 10.2 Å². The van der Waals surface area contributed by atoms with Gasteiger partial charge in [0.05, 0.1) is 23.3 Å². The smallest absolute Gasteiger partial charge is 0.296 e. The molecule has 1 aromatic heterocycles. The molecule has 0 spiro atoms. The number of benzene rings is 5. The number of aromatic hydroxyl groups is 1. The van der Waals surface area contributed by atoms with E-state index in [1.807, 2.05) is 30.3 Å². The Kier molecular flexibility index (Phi) is 8.33. The summed E-state index contributed by atoms with van der Waals surface area (Å²) < 4.78 is 60.5. The Morgan fingerprint density at radius 2 is 1.40 bits per heavy atom. The van der Waals surface area contributed by atoms with E-state index in [1.54, 1.807) is 42.5 Å². The molecule has 0 aliphatic heterocycles. The number of phenols is 1. The number of sulfonamides is 1. The van der Waals surface area contributed by atoms with E-state index in [1.165, 1.54) is 12.1 Å². The van der Waals surface area contributed by atoms with E-state index >= 15 is 0 Å². The second kappa shape index (κ2) is 12.4. The standard InChI is InChI=1S/C30H23ClN8O6S2/c1-46(41,42)39-20-11-6-10-19(16-20)32-29-34-28(31)35-30(36-29)33-23-14-5-9-18-15-24(47(43,44)45)26(27(40)25(18)23)38-37-22-13-4-8-17-7-2-3-12-21(17)22/h2-16,39-40H,1H3,(H,43,44,45)(H2,32,33,34,35,36)/b38-37+. The number of hydrogen-bond donors (Lipinski definition) is 5. The number of nitrogens with zero attached hydrogens (tertiary/aromatic N) is 5. The lowest BCUT2D eigenvalue weighted by Crippen LogP contribution is -2.09. The molecule has 5 aromatic carbocycles. The molecule has 0 unspecified atom stereocenters. The summed E-state index contributed by atoms with van der Waals surface area (Å²) in [5.74, 6) is -0.634. The summed E-state index contributed by atoms with van der Waals surface area (Å²) in [6.45, 7) is 0. The molecule has 0 fully saturated rings. The van der Waals surface area contributed by atoms with Crippen LogP contribution in [0.3, 0.4) is 0 Å². The number of hydrogen-bond acceptors (Lipinski definition) is 12. The molecule has 0 bridgehead atoms. The fourth-order valence-corrected chi connectivity index (χ4v) is 6.16. The van der Waals surface area contributed by atoms with Gasteiger partial charge in [-0.1, -0.05) is 54.6 Å². The zero-order valence-electron chi connectivity index (χ0n) is 24.1. The SMILES string of the molecule is CS(=O)(=O)Nc1cccc(Nc2nc(Cl)nc(Nc3cccc4cc(S(=O)(=O)O)c(/N=N/c5cccc6ccccc56)c(O)c34)n2)c1.